The van der Waals surface area contributed by atoms with Gasteiger partial charge in [-0.05, 0) is 61.2 Å². The van der Waals surface area contributed by atoms with Crippen LogP contribution in [-0.2, 0) is 31.2 Å². The first-order chi connectivity index (χ1) is 15.1. The predicted molar refractivity (Wildman–Crippen MR) is 122 cm³/mol. The molecule has 2 aliphatic heterocycles. The average molecular weight is 421 g/mol. The molecule has 1 amide bonds. The summed E-state index contributed by atoms with van der Waals surface area (Å²) in [6.45, 7) is 4.75. The van der Waals surface area contributed by atoms with Gasteiger partial charge in [-0.1, -0.05) is 18.2 Å². The van der Waals surface area contributed by atoms with Gasteiger partial charge in [-0.25, -0.2) is 4.39 Å². The molecule has 1 aromatic heterocycles. The Balaban J connectivity index is 1.29. The number of carbonyl (C=O) groups excluding carboxylic acids is 1. The molecule has 0 saturated carbocycles. The number of amides is 1. The molecule has 2 aromatic carbocycles. The summed E-state index contributed by atoms with van der Waals surface area (Å²) in [6, 6.07) is 13.1. The molecule has 1 saturated heterocycles. The van der Waals surface area contributed by atoms with Gasteiger partial charge in [0.05, 0.1) is 12.1 Å². The third-order valence-corrected chi connectivity index (χ3v) is 6.73. The van der Waals surface area contributed by atoms with Crippen LogP contribution in [0.5, 0.6) is 0 Å². The molecule has 6 heteroatoms. The van der Waals surface area contributed by atoms with Crippen molar-refractivity contribution in [3.8, 4) is 0 Å². The van der Waals surface area contributed by atoms with E-state index in [9.17, 15) is 9.18 Å². The topological polar surface area (TPSA) is 40.5 Å². The number of hydrogen-bond donors (Lipinski definition) is 1. The zero-order valence-corrected chi connectivity index (χ0v) is 18.0. The smallest absolute Gasteiger partial charge is 0.241 e. The van der Waals surface area contributed by atoms with Crippen molar-refractivity contribution >= 4 is 22.5 Å². The molecule has 2 aliphatic rings. The Kier molecular flexibility index (Phi) is 5.50. The fourth-order valence-corrected chi connectivity index (χ4v) is 4.96. The Labute approximate surface area is 182 Å². The van der Waals surface area contributed by atoms with Crippen molar-refractivity contribution in [2.45, 2.75) is 25.8 Å². The molecule has 0 radical (unpaired) electrons. The van der Waals surface area contributed by atoms with Gasteiger partial charge in [-0.2, -0.15) is 0 Å². The van der Waals surface area contributed by atoms with E-state index in [-0.39, 0.29) is 11.7 Å². The number of benzene rings is 2. The number of piperazine rings is 1. The third kappa shape index (κ3) is 3.98. The van der Waals surface area contributed by atoms with E-state index < -0.39 is 0 Å². The summed E-state index contributed by atoms with van der Waals surface area (Å²) in [5, 5.41) is 4.82. The predicted octanol–water partition coefficient (Wildman–Crippen LogP) is 3.24. The monoisotopic (exact) mass is 420 g/mol. The highest BCUT2D eigenvalue weighted by atomic mass is 19.1. The van der Waals surface area contributed by atoms with Crippen LogP contribution in [0.3, 0.4) is 0 Å². The zero-order chi connectivity index (χ0) is 21.4. The Morgan fingerprint density at radius 1 is 1.10 bits per heavy atom. The normalized spacial score (nSPS) is 17.7. The van der Waals surface area contributed by atoms with Gasteiger partial charge < -0.3 is 14.8 Å². The molecule has 31 heavy (non-hydrogen) atoms. The fraction of sp³-hybridized carbons (Fsp3) is 0.400. The van der Waals surface area contributed by atoms with Crippen LogP contribution in [-0.4, -0.2) is 48.1 Å². The van der Waals surface area contributed by atoms with Crippen LogP contribution < -0.4 is 10.2 Å². The van der Waals surface area contributed by atoms with Crippen molar-refractivity contribution in [2.24, 2.45) is 7.05 Å². The number of rotatable bonds is 4. The van der Waals surface area contributed by atoms with Gasteiger partial charge in [0.25, 0.3) is 0 Å². The molecule has 0 aliphatic carbocycles. The lowest BCUT2D eigenvalue weighted by atomic mass is 10.1. The van der Waals surface area contributed by atoms with Gasteiger partial charge in [0, 0.05) is 50.0 Å². The zero-order valence-electron chi connectivity index (χ0n) is 18.0. The van der Waals surface area contributed by atoms with Gasteiger partial charge in [-0.15, -0.1) is 0 Å². The van der Waals surface area contributed by atoms with Crippen molar-refractivity contribution < 1.29 is 9.18 Å². The Morgan fingerprint density at radius 2 is 1.94 bits per heavy atom. The van der Waals surface area contributed by atoms with Crippen molar-refractivity contribution in [1.29, 1.82) is 0 Å². The van der Waals surface area contributed by atoms with Crippen LogP contribution in [0.4, 0.5) is 10.1 Å². The summed E-state index contributed by atoms with van der Waals surface area (Å²) in [4.78, 5) is 17.1. The standard InChI is InChI=1S/C25H29FN4O/c1-28-23-3-2-11-27-16-22(23)21-9-8-20(15-24(21)28)30-14-13-29(17-25(30)31)12-10-18-4-6-19(26)7-5-18/h4-9,15,27H,2-3,10-14,16-17H2,1H3. The van der Waals surface area contributed by atoms with Gasteiger partial charge in [-0.3, -0.25) is 9.69 Å². The lowest BCUT2D eigenvalue weighted by Gasteiger charge is -2.34. The highest BCUT2D eigenvalue weighted by Crippen LogP contribution is 2.31. The van der Waals surface area contributed by atoms with Crippen LogP contribution in [0.2, 0.25) is 0 Å². The van der Waals surface area contributed by atoms with E-state index in [1.807, 2.05) is 17.0 Å². The minimum Gasteiger partial charge on any atom is -0.347 e. The summed E-state index contributed by atoms with van der Waals surface area (Å²) in [5.41, 5.74) is 6.10. The number of aryl methyl sites for hydroxylation is 1. The Hall–Kier alpha value is -2.70. The SMILES string of the molecule is Cn1c2c(c3ccc(N4CCN(CCc5ccc(F)cc5)CC4=O)cc31)CNCCC2. The second-order valence-corrected chi connectivity index (χ2v) is 8.66. The van der Waals surface area contributed by atoms with E-state index in [0.29, 0.717) is 13.1 Å². The van der Waals surface area contributed by atoms with Crippen molar-refractivity contribution in [2.75, 3.05) is 37.6 Å². The Morgan fingerprint density at radius 3 is 2.74 bits per heavy atom. The van der Waals surface area contributed by atoms with Gasteiger partial charge in [0.1, 0.15) is 5.82 Å². The molecule has 5 rings (SSSR count). The number of nitrogens with one attached hydrogen (secondary N) is 1. The average Bonchev–Trinajstić information content (AvgIpc) is 2.93. The number of anilines is 1. The highest BCUT2D eigenvalue weighted by Gasteiger charge is 2.26. The minimum absolute atomic E-state index is 0.141. The van der Waals surface area contributed by atoms with E-state index in [0.717, 1.165) is 56.7 Å². The van der Waals surface area contributed by atoms with Gasteiger partial charge >= 0.3 is 0 Å². The summed E-state index contributed by atoms with van der Waals surface area (Å²) >= 11 is 0. The first-order valence-electron chi connectivity index (χ1n) is 11.2. The molecule has 0 atom stereocenters. The van der Waals surface area contributed by atoms with E-state index >= 15 is 0 Å². The summed E-state index contributed by atoms with van der Waals surface area (Å²) in [5.74, 6) is -0.0717. The molecule has 162 valence electrons. The lowest BCUT2D eigenvalue weighted by Crippen LogP contribution is -2.50. The summed E-state index contributed by atoms with van der Waals surface area (Å²) < 4.78 is 15.4. The first-order valence-corrected chi connectivity index (χ1v) is 11.2. The maximum Gasteiger partial charge on any atom is 0.241 e. The number of fused-ring (bicyclic) bond motifs is 3. The molecule has 5 nitrogen and oxygen atoms in total. The maximum atomic E-state index is 13.1. The minimum atomic E-state index is -0.213. The van der Waals surface area contributed by atoms with E-state index in [2.05, 4.69) is 40.0 Å². The quantitative estimate of drug-likeness (QED) is 0.705. The van der Waals surface area contributed by atoms with Crippen molar-refractivity contribution in [3.05, 3.63) is 65.1 Å². The number of halogens is 1. The van der Waals surface area contributed by atoms with Gasteiger partial charge in [0.15, 0.2) is 0 Å². The second kappa shape index (κ2) is 8.44. The largest absolute Gasteiger partial charge is 0.347 e. The van der Waals surface area contributed by atoms with E-state index in [1.54, 1.807) is 0 Å². The maximum absolute atomic E-state index is 13.1. The summed E-state index contributed by atoms with van der Waals surface area (Å²) in [7, 11) is 2.14. The summed E-state index contributed by atoms with van der Waals surface area (Å²) in [6.07, 6.45) is 3.07. The molecule has 1 fully saturated rings. The number of aromatic nitrogens is 1. The fourth-order valence-electron chi connectivity index (χ4n) is 4.96. The van der Waals surface area contributed by atoms with E-state index in [1.165, 1.54) is 34.3 Å². The van der Waals surface area contributed by atoms with Crippen LogP contribution in [0.25, 0.3) is 10.9 Å². The van der Waals surface area contributed by atoms with Crippen LogP contribution in [0, 0.1) is 5.82 Å². The van der Waals surface area contributed by atoms with Gasteiger partial charge in [0.2, 0.25) is 5.91 Å². The molecule has 0 spiro atoms. The van der Waals surface area contributed by atoms with Crippen molar-refractivity contribution in [3.63, 3.8) is 0 Å². The molecule has 3 heterocycles. The van der Waals surface area contributed by atoms with E-state index in [4.69, 9.17) is 0 Å². The molecule has 1 N–H and O–H groups in total. The number of nitrogens with zero attached hydrogens (tertiary/aromatic N) is 3. The molecular formula is C25H29FN4O. The highest BCUT2D eigenvalue weighted by molar-refractivity contribution is 5.98. The first kappa shape index (κ1) is 20.2. The number of hydrogen-bond acceptors (Lipinski definition) is 3. The Bertz CT molecular complexity index is 1100. The molecule has 0 bridgehead atoms. The second-order valence-electron chi connectivity index (χ2n) is 8.66. The molecule has 3 aromatic rings. The number of carbonyl (C=O) groups is 1. The van der Waals surface area contributed by atoms with Crippen LogP contribution in [0.15, 0.2) is 42.5 Å². The van der Waals surface area contributed by atoms with Crippen LogP contribution in [0.1, 0.15) is 23.2 Å². The van der Waals surface area contributed by atoms with Crippen molar-refractivity contribution in [1.82, 2.24) is 14.8 Å². The van der Waals surface area contributed by atoms with Crippen LogP contribution >= 0.6 is 0 Å². The lowest BCUT2D eigenvalue weighted by molar-refractivity contribution is -0.121. The molecule has 0 unspecified atom stereocenters. The molecular weight excluding hydrogens is 391 g/mol. The third-order valence-electron chi connectivity index (χ3n) is 6.73.